The van der Waals surface area contributed by atoms with Gasteiger partial charge in [0.25, 0.3) is 5.91 Å². The maximum atomic E-state index is 12.0. The maximum Gasteiger partial charge on any atom is 0.253 e. The Kier molecular flexibility index (Phi) is 3.67. The standard InChI is InChI=1S/C13H17ClN2O/c1-8(2)10-5-12(14)15-7-11(10)13(17)16-6-9-3-4-9/h5,7-9H,3-4,6H2,1-2H3,(H,16,17). The van der Waals surface area contributed by atoms with E-state index in [1.807, 2.05) is 13.8 Å². The average Bonchev–Trinajstić information content (AvgIpc) is 3.09. The lowest BCUT2D eigenvalue weighted by molar-refractivity contribution is 0.0950. The number of carbonyl (C=O) groups excluding carboxylic acids is 1. The van der Waals surface area contributed by atoms with Gasteiger partial charge in [0.15, 0.2) is 0 Å². The quantitative estimate of drug-likeness (QED) is 0.837. The third kappa shape index (κ3) is 3.19. The van der Waals surface area contributed by atoms with E-state index in [0.717, 1.165) is 12.1 Å². The van der Waals surface area contributed by atoms with Gasteiger partial charge in [-0.25, -0.2) is 4.98 Å². The highest BCUT2D eigenvalue weighted by molar-refractivity contribution is 6.29. The molecule has 0 unspecified atom stereocenters. The first-order chi connectivity index (χ1) is 8.08. The minimum Gasteiger partial charge on any atom is -0.352 e. The lowest BCUT2D eigenvalue weighted by Crippen LogP contribution is -2.26. The van der Waals surface area contributed by atoms with Gasteiger partial charge >= 0.3 is 0 Å². The second-order valence-corrected chi connectivity index (χ2v) is 5.29. The highest BCUT2D eigenvalue weighted by Gasteiger charge is 2.23. The van der Waals surface area contributed by atoms with Gasteiger partial charge in [-0.05, 0) is 36.3 Å². The normalized spacial score (nSPS) is 15.1. The number of halogens is 1. The molecular formula is C13H17ClN2O. The molecule has 1 N–H and O–H groups in total. The summed E-state index contributed by atoms with van der Waals surface area (Å²) in [6.45, 7) is 4.87. The number of aromatic nitrogens is 1. The lowest BCUT2D eigenvalue weighted by Gasteiger charge is -2.12. The molecule has 0 aromatic carbocycles. The van der Waals surface area contributed by atoms with Crippen molar-refractivity contribution in [2.45, 2.75) is 32.6 Å². The molecule has 0 aliphatic heterocycles. The largest absolute Gasteiger partial charge is 0.352 e. The van der Waals surface area contributed by atoms with Gasteiger partial charge in [-0.3, -0.25) is 4.79 Å². The molecule has 1 amide bonds. The summed E-state index contributed by atoms with van der Waals surface area (Å²) in [5, 5.41) is 3.39. The second-order valence-electron chi connectivity index (χ2n) is 4.90. The molecule has 92 valence electrons. The second kappa shape index (κ2) is 5.05. The molecule has 1 heterocycles. The van der Waals surface area contributed by atoms with Crippen molar-refractivity contribution in [3.8, 4) is 0 Å². The smallest absolute Gasteiger partial charge is 0.253 e. The first kappa shape index (κ1) is 12.4. The fraction of sp³-hybridized carbons (Fsp3) is 0.538. The summed E-state index contributed by atoms with van der Waals surface area (Å²) < 4.78 is 0. The Labute approximate surface area is 107 Å². The highest BCUT2D eigenvalue weighted by atomic mass is 35.5. The summed E-state index contributed by atoms with van der Waals surface area (Å²) in [5.74, 6) is 0.906. The van der Waals surface area contributed by atoms with Crippen molar-refractivity contribution in [3.05, 3.63) is 28.5 Å². The van der Waals surface area contributed by atoms with Crippen LogP contribution in [0.2, 0.25) is 5.15 Å². The molecule has 0 atom stereocenters. The van der Waals surface area contributed by atoms with Gasteiger partial charge in [-0.2, -0.15) is 0 Å². The van der Waals surface area contributed by atoms with Crippen LogP contribution in [0.3, 0.4) is 0 Å². The summed E-state index contributed by atoms with van der Waals surface area (Å²) in [6, 6.07) is 1.78. The van der Waals surface area contributed by atoms with Gasteiger partial charge in [0.2, 0.25) is 0 Å². The van der Waals surface area contributed by atoms with E-state index >= 15 is 0 Å². The summed E-state index contributed by atoms with van der Waals surface area (Å²) in [5.41, 5.74) is 1.60. The fourth-order valence-electron chi connectivity index (χ4n) is 1.77. The van der Waals surface area contributed by atoms with E-state index < -0.39 is 0 Å². The molecule has 2 rings (SSSR count). The van der Waals surface area contributed by atoms with Crippen molar-refractivity contribution in [2.24, 2.45) is 5.92 Å². The minimum atomic E-state index is -0.0373. The maximum absolute atomic E-state index is 12.0. The summed E-state index contributed by atoms with van der Waals surface area (Å²) in [4.78, 5) is 16.0. The number of hydrogen-bond acceptors (Lipinski definition) is 2. The number of hydrogen-bond donors (Lipinski definition) is 1. The third-order valence-electron chi connectivity index (χ3n) is 3.02. The molecule has 1 aliphatic rings. The third-order valence-corrected chi connectivity index (χ3v) is 3.22. The van der Waals surface area contributed by atoms with Crippen molar-refractivity contribution >= 4 is 17.5 Å². The zero-order chi connectivity index (χ0) is 12.4. The molecule has 1 fully saturated rings. The summed E-state index contributed by atoms with van der Waals surface area (Å²) >= 11 is 5.86. The van der Waals surface area contributed by atoms with Crippen LogP contribution in [0.1, 0.15) is 48.5 Å². The molecular weight excluding hydrogens is 236 g/mol. The van der Waals surface area contributed by atoms with Crippen molar-refractivity contribution in [1.82, 2.24) is 10.3 Å². The Morgan fingerprint density at radius 1 is 1.59 bits per heavy atom. The zero-order valence-corrected chi connectivity index (χ0v) is 10.9. The molecule has 17 heavy (non-hydrogen) atoms. The van der Waals surface area contributed by atoms with E-state index in [4.69, 9.17) is 11.6 Å². The fourth-order valence-corrected chi connectivity index (χ4v) is 1.93. The van der Waals surface area contributed by atoms with Gasteiger partial charge in [0.1, 0.15) is 5.15 Å². The number of rotatable bonds is 4. The number of pyridine rings is 1. The molecule has 3 nitrogen and oxygen atoms in total. The van der Waals surface area contributed by atoms with Crippen LogP contribution in [0.15, 0.2) is 12.3 Å². The topological polar surface area (TPSA) is 42.0 Å². The molecule has 1 aromatic heterocycles. The number of amides is 1. The van der Waals surface area contributed by atoms with Crippen LogP contribution in [-0.2, 0) is 0 Å². The molecule has 4 heteroatoms. The SMILES string of the molecule is CC(C)c1cc(Cl)ncc1C(=O)NCC1CC1. The Hall–Kier alpha value is -1.09. The molecule has 0 bridgehead atoms. The van der Waals surface area contributed by atoms with Gasteiger partial charge in [-0.1, -0.05) is 25.4 Å². The summed E-state index contributed by atoms with van der Waals surface area (Å²) in [7, 11) is 0. The van der Waals surface area contributed by atoms with E-state index in [2.05, 4.69) is 10.3 Å². The number of carbonyl (C=O) groups is 1. The number of nitrogens with one attached hydrogen (secondary N) is 1. The first-order valence-corrected chi connectivity index (χ1v) is 6.39. The van der Waals surface area contributed by atoms with E-state index in [9.17, 15) is 4.79 Å². The number of nitrogens with zero attached hydrogens (tertiary/aromatic N) is 1. The van der Waals surface area contributed by atoms with Crippen LogP contribution >= 0.6 is 11.6 Å². The van der Waals surface area contributed by atoms with Crippen molar-refractivity contribution in [3.63, 3.8) is 0 Å². The van der Waals surface area contributed by atoms with Crippen LogP contribution in [-0.4, -0.2) is 17.4 Å². The lowest BCUT2D eigenvalue weighted by atomic mass is 9.99. The minimum absolute atomic E-state index is 0.0373. The molecule has 0 spiro atoms. The monoisotopic (exact) mass is 252 g/mol. The first-order valence-electron chi connectivity index (χ1n) is 6.01. The van der Waals surface area contributed by atoms with Crippen molar-refractivity contribution in [2.75, 3.05) is 6.54 Å². The Bertz CT molecular complexity index is 427. The molecule has 0 saturated heterocycles. The predicted octanol–water partition coefficient (Wildman–Crippen LogP) is 3.00. The van der Waals surface area contributed by atoms with Crippen molar-refractivity contribution < 1.29 is 4.79 Å². The molecule has 1 saturated carbocycles. The molecule has 1 aliphatic carbocycles. The van der Waals surface area contributed by atoms with Gasteiger partial charge in [-0.15, -0.1) is 0 Å². The average molecular weight is 253 g/mol. The van der Waals surface area contributed by atoms with E-state index in [1.165, 1.54) is 12.8 Å². The Morgan fingerprint density at radius 3 is 2.88 bits per heavy atom. The van der Waals surface area contributed by atoms with Gasteiger partial charge in [0, 0.05) is 12.7 Å². The highest BCUT2D eigenvalue weighted by Crippen LogP contribution is 2.28. The van der Waals surface area contributed by atoms with Crippen LogP contribution in [0.4, 0.5) is 0 Å². The van der Waals surface area contributed by atoms with Gasteiger partial charge in [0.05, 0.1) is 5.56 Å². The molecule has 1 aromatic rings. The Balaban J connectivity index is 2.14. The van der Waals surface area contributed by atoms with E-state index in [0.29, 0.717) is 16.6 Å². The van der Waals surface area contributed by atoms with E-state index in [-0.39, 0.29) is 11.8 Å². The summed E-state index contributed by atoms with van der Waals surface area (Å²) in [6.07, 6.45) is 4.03. The van der Waals surface area contributed by atoms with E-state index in [1.54, 1.807) is 12.3 Å². The molecule has 0 radical (unpaired) electrons. The van der Waals surface area contributed by atoms with Crippen LogP contribution in [0, 0.1) is 5.92 Å². The zero-order valence-electron chi connectivity index (χ0n) is 10.2. The van der Waals surface area contributed by atoms with Crippen LogP contribution in [0.5, 0.6) is 0 Å². The van der Waals surface area contributed by atoms with Crippen LogP contribution in [0.25, 0.3) is 0 Å². The van der Waals surface area contributed by atoms with Crippen molar-refractivity contribution in [1.29, 1.82) is 0 Å². The van der Waals surface area contributed by atoms with Gasteiger partial charge < -0.3 is 5.32 Å². The predicted molar refractivity (Wildman–Crippen MR) is 68.4 cm³/mol. The van der Waals surface area contributed by atoms with Crippen LogP contribution < -0.4 is 5.32 Å². The Morgan fingerprint density at radius 2 is 2.29 bits per heavy atom.